The van der Waals surface area contributed by atoms with Gasteiger partial charge in [-0.05, 0) is 48.9 Å². The van der Waals surface area contributed by atoms with Gasteiger partial charge in [-0.1, -0.05) is 39.7 Å². The summed E-state index contributed by atoms with van der Waals surface area (Å²) in [4.78, 5) is 0.198. The largest absolute Gasteiger partial charge is 0.241 e. The summed E-state index contributed by atoms with van der Waals surface area (Å²) in [5.74, 6) is 0. The van der Waals surface area contributed by atoms with E-state index in [-0.39, 0.29) is 10.9 Å². The van der Waals surface area contributed by atoms with Crippen LogP contribution in [0.1, 0.15) is 18.5 Å². The van der Waals surface area contributed by atoms with Gasteiger partial charge in [0.05, 0.1) is 4.90 Å². The van der Waals surface area contributed by atoms with Gasteiger partial charge in [0.2, 0.25) is 10.0 Å². The molecule has 0 heterocycles. The lowest BCUT2D eigenvalue weighted by molar-refractivity contribution is 0.567. The molecule has 0 aromatic heterocycles. The number of rotatable bonds is 4. The highest BCUT2D eigenvalue weighted by Gasteiger charge is 2.18. The zero-order valence-corrected chi connectivity index (χ0v) is 13.8. The lowest BCUT2D eigenvalue weighted by Gasteiger charge is -2.15. The molecular formula is C14H13BrClNO2S. The quantitative estimate of drug-likeness (QED) is 0.874. The van der Waals surface area contributed by atoms with Crippen LogP contribution in [0.2, 0.25) is 5.02 Å². The molecule has 0 radical (unpaired) electrons. The van der Waals surface area contributed by atoms with Crippen LogP contribution in [-0.4, -0.2) is 8.42 Å². The molecule has 1 N–H and O–H groups in total. The van der Waals surface area contributed by atoms with Crippen LogP contribution < -0.4 is 4.72 Å². The Morgan fingerprint density at radius 2 is 1.80 bits per heavy atom. The van der Waals surface area contributed by atoms with E-state index in [9.17, 15) is 8.42 Å². The van der Waals surface area contributed by atoms with Crippen LogP contribution in [0, 0.1) is 0 Å². The van der Waals surface area contributed by atoms with E-state index < -0.39 is 10.0 Å². The molecule has 1 atom stereocenters. The van der Waals surface area contributed by atoms with E-state index in [1.165, 1.54) is 12.1 Å². The molecule has 3 nitrogen and oxygen atoms in total. The molecule has 0 bridgehead atoms. The van der Waals surface area contributed by atoms with Crippen molar-refractivity contribution >= 4 is 37.6 Å². The second kappa shape index (κ2) is 6.26. The second-order valence-corrected chi connectivity index (χ2v) is 7.42. The lowest BCUT2D eigenvalue weighted by Crippen LogP contribution is -2.26. The van der Waals surface area contributed by atoms with Gasteiger partial charge in [0.1, 0.15) is 0 Å². The van der Waals surface area contributed by atoms with Gasteiger partial charge in [-0.15, -0.1) is 0 Å². The Bertz CT molecular complexity index is 701. The maximum Gasteiger partial charge on any atom is 0.241 e. The zero-order valence-electron chi connectivity index (χ0n) is 10.7. The standard InChI is InChI=1S/C14H13BrClNO2S/c1-10(11-3-2-4-12(15)9-11)17-20(18,19)14-7-5-13(16)6-8-14/h2-10,17H,1H3/t10-/m1/s1. The summed E-state index contributed by atoms with van der Waals surface area (Å²) in [6.45, 7) is 1.80. The number of hydrogen-bond acceptors (Lipinski definition) is 2. The van der Waals surface area contributed by atoms with Crippen LogP contribution in [0.5, 0.6) is 0 Å². The minimum atomic E-state index is -3.56. The summed E-state index contributed by atoms with van der Waals surface area (Å²) in [5, 5.41) is 0.504. The molecule has 0 aliphatic rings. The van der Waals surface area contributed by atoms with Crippen molar-refractivity contribution in [2.45, 2.75) is 17.9 Å². The minimum Gasteiger partial charge on any atom is -0.207 e. The summed E-state index contributed by atoms with van der Waals surface area (Å²) in [6.07, 6.45) is 0. The number of sulfonamides is 1. The van der Waals surface area contributed by atoms with Crippen LogP contribution in [0.25, 0.3) is 0 Å². The molecule has 2 rings (SSSR count). The van der Waals surface area contributed by atoms with Crippen molar-refractivity contribution in [3.05, 3.63) is 63.6 Å². The van der Waals surface area contributed by atoms with Crippen LogP contribution in [-0.2, 0) is 10.0 Å². The summed E-state index contributed by atoms with van der Waals surface area (Å²) in [7, 11) is -3.56. The Balaban J connectivity index is 2.22. The fraction of sp³-hybridized carbons (Fsp3) is 0.143. The van der Waals surface area contributed by atoms with Gasteiger partial charge in [0.15, 0.2) is 0 Å². The average molecular weight is 375 g/mol. The first-order valence-electron chi connectivity index (χ1n) is 5.92. The fourth-order valence-electron chi connectivity index (χ4n) is 1.76. The van der Waals surface area contributed by atoms with Crippen LogP contribution in [0.3, 0.4) is 0 Å². The Morgan fingerprint density at radius 3 is 2.40 bits per heavy atom. The third-order valence-corrected chi connectivity index (χ3v) is 5.11. The Labute approximate surface area is 132 Å². The van der Waals surface area contributed by atoms with Gasteiger partial charge >= 0.3 is 0 Å². The van der Waals surface area contributed by atoms with E-state index in [0.717, 1.165) is 10.0 Å². The number of benzene rings is 2. The van der Waals surface area contributed by atoms with E-state index in [0.29, 0.717) is 5.02 Å². The molecule has 0 saturated heterocycles. The first-order chi connectivity index (χ1) is 9.38. The normalized spacial score (nSPS) is 13.2. The summed E-state index contributed by atoms with van der Waals surface area (Å²) in [5.41, 5.74) is 0.886. The average Bonchev–Trinajstić information content (AvgIpc) is 2.38. The van der Waals surface area contributed by atoms with Crippen molar-refractivity contribution in [1.29, 1.82) is 0 Å². The number of halogens is 2. The highest BCUT2D eigenvalue weighted by Crippen LogP contribution is 2.21. The van der Waals surface area contributed by atoms with Crippen molar-refractivity contribution in [2.24, 2.45) is 0 Å². The monoisotopic (exact) mass is 373 g/mol. The molecule has 0 aliphatic carbocycles. The molecule has 0 aliphatic heterocycles. The highest BCUT2D eigenvalue weighted by atomic mass is 79.9. The molecule has 2 aromatic rings. The van der Waals surface area contributed by atoms with Crippen LogP contribution in [0.4, 0.5) is 0 Å². The topological polar surface area (TPSA) is 46.2 Å². The van der Waals surface area contributed by atoms with Gasteiger partial charge in [-0.2, -0.15) is 0 Å². The minimum absolute atomic E-state index is 0.198. The van der Waals surface area contributed by atoms with Crippen molar-refractivity contribution in [2.75, 3.05) is 0 Å². The van der Waals surface area contributed by atoms with Crippen molar-refractivity contribution in [1.82, 2.24) is 4.72 Å². The summed E-state index contributed by atoms with van der Waals surface area (Å²) >= 11 is 9.13. The van der Waals surface area contributed by atoms with Crippen LogP contribution >= 0.6 is 27.5 Å². The molecule has 20 heavy (non-hydrogen) atoms. The van der Waals surface area contributed by atoms with Crippen molar-refractivity contribution < 1.29 is 8.42 Å². The first kappa shape index (κ1) is 15.5. The third kappa shape index (κ3) is 3.82. The molecule has 0 fully saturated rings. The number of hydrogen-bond donors (Lipinski definition) is 1. The molecule has 0 unspecified atom stereocenters. The van der Waals surface area contributed by atoms with Gasteiger partial charge in [0, 0.05) is 15.5 Å². The second-order valence-electron chi connectivity index (χ2n) is 4.35. The molecule has 2 aromatic carbocycles. The van der Waals surface area contributed by atoms with Crippen molar-refractivity contribution in [3.8, 4) is 0 Å². The summed E-state index contributed by atoms with van der Waals surface area (Å²) in [6, 6.07) is 13.3. The van der Waals surface area contributed by atoms with E-state index >= 15 is 0 Å². The predicted octanol–water partition coefficient (Wildman–Crippen LogP) is 4.14. The van der Waals surface area contributed by atoms with E-state index in [1.54, 1.807) is 19.1 Å². The first-order valence-corrected chi connectivity index (χ1v) is 8.57. The van der Waals surface area contributed by atoms with Crippen molar-refractivity contribution in [3.63, 3.8) is 0 Å². The molecule has 0 saturated carbocycles. The Hall–Kier alpha value is -0.880. The number of nitrogens with one attached hydrogen (secondary N) is 1. The Kier molecular flexibility index (Phi) is 4.86. The van der Waals surface area contributed by atoms with Gasteiger partial charge in [0.25, 0.3) is 0 Å². The van der Waals surface area contributed by atoms with Gasteiger partial charge in [-0.25, -0.2) is 13.1 Å². The van der Waals surface area contributed by atoms with E-state index in [4.69, 9.17) is 11.6 Å². The van der Waals surface area contributed by atoms with Gasteiger partial charge < -0.3 is 0 Å². The van der Waals surface area contributed by atoms with Gasteiger partial charge in [-0.3, -0.25) is 0 Å². The fourth-order valence-corrected chi connectivity index (χ4v) is 3.53. The molecule has 0 amide bonds. The zero-order chi connectivity index (χ0) is 14.8. The van der Waals surface area contributed by atoms with E-state index in [2.05, 4.69) is 20.7 Å². The van der Waals surface area contributed by atoms with Crippen LogP contribution in [0.15, 0.2) is 57.9 Å². The maximum absolute atomic E-state index is 12.2. The summed E-state index contributed by atoms with van der Waals surface area (Å²) < 4.78 is 28.0. The van der Waals surface area contributed by atoms with E-state index in [1.807, 2.05) is 24.3 Å². The third-order valence-electron chi connectivity index (χ3n) is 2.80. The molecular weight excluding hydrogens is 362 g/mol. The molecule has 0 spiro atoms. The lowest BCUT2D eigenvalue weighted by atomic mass is 10.1. The molecule has 6 heteroatoms. The SMILES string of the molecule is C[C@@H](NS(=O)(=O)c1ccc(Cl)cc1)c1cccc(Br)c1. The Morgan fingerprint density at radius 1 is 1.15 bits per heavy atom. The highest BCUT2D eigenvalue weighted by molar-refractivity contribution is 9.10. The molecule has 106 valence electrons. The maximum atomic E-state index is 12.2. The smallest absolute Gasteiger partial charge is 0.207 e. The predicted molar refractivity (Wildman–Crippen MR) is 84.3 cm³/mol.